The van der Waals surface area contributed by atoms with Crippen molar-refractivity contribution in [2.24, 2.45) is 11.8 Å². The molecular weight excluding hydrogens is 234 g/mol. The molecule has 0 aromatic carbocycles. The second-order valence-electron chi connectivity index (χ2n) is 5.32. The third-order valence-electron chi connectivity index (χ3n) is 3.35. The van der Waals surface area contributed by atoms with Crippen LogP contribution in [0.5, 0.6) is 0 Å². The smallest absolute Gasteiger partial charge is 0.410 e. The monoisotopic (exact) mass is 257 g/mol. The summed E-state index contributed by atoms with van der Waals surface area (Å²) < 4.78 is 5.12. The fourth-order valence-electron chi connectivity index (χ4n) is 2.18. The topological polar surface area (TPSA) is 66.8 Å². The lowest BCUT2D eigenvalue weighted by Gasteiger charge is -2.36. The SMILES string of the molecule is CCC1CCN(C(=O)OCC(C)C)C(C(=O)O)C1. The predicted molar refractivity (Wildman–Crippen MR) is 67.3 cm³/mol. The minimum absolute atomic E-state index is 0.255. The number of carbonyl (C=O) groups excluding carboxylic acids is 1. The Bertz CT molecular complexity index is 303. The lowest BCUT2D eigenvalue weighted by atomic mass is 9.89. The van der Waals surface area contributed by atoms with Gasteiger partial charge in [0.1, 0.15) is 6.04 Å². The van der Waals surface area contributed by atoms with E-state index in [1.807, 2.05) is 13.8 Å². The zero-order valence-electron chi connectivity index (χ0n) is 11.4. The van der Waals surface area contributed by atoms with Crippen molar-refractivity contribution in [3.63, 3.8) is 0 Å². The molecule has 1 fully saturated rings. The average Bonchev–Trinajstić information content (AvgIpc) is 2.34. The van der Waals surface area contributed by atoms with E-state index in [-0.39, 0.29) is 5.92 Å². The van der Waals surface area contributed by atoms with Crippen molar-refractivity contribution in [3.05, 3.63) is 0 Å². The van der Waals surface area contributed by atoms with Crippen LogP contribution in [0.4, 0.5) is 4.79 Å². The van der Waals surface area contributed by atoms with Crippen LogP contribution in [0.2, 0.25) is 0 Å². The number of hydrogen-bond donors (Lipinski definition) is 1. The van der Waals surface area contributed by atoms with Crippen LogP contribution < -0.4 is 0 Å². The number of amides is 1. The lowest BCUT2D eigenvalue weighted by Crippen LogP contribution is -2.50. The standard InChI is InChI=1S/C13H23NO4/c1-4-10-5-6-14(11(7-10)12(15)16)13(17)18-8-9(2)3/h9-11H,4-8H2,1-3H3,(H,15,16). The van der Waals surface area contributed by atoms with Crippen LogP contribution in [-0.4, -0.2) is 41.3 Å². The summed E-state index contributed by atoms with van der Waals surface area (Å²) in [5.74, 6) is -0.291. The number of carbonyl (C=O) groups is 2. The number of aliphatic carboxylic acids is 1. The van der Waals surface area contributed by atoms with Crippen LogP contribution in [0.15, 0.2) is 0 Å². The number of likely N-dealkylation sites (tertiary alicyclic amines) is 1. The van der Waals surface area contributed by atoms with Gasteiger partial charge in [-0.05, 0) is 24.7 Å². The highest BCUT2D eigenvalue weighted by molar-refractivity contribution is 5.80. The quantitative estimate of drug-likeness (QED) is 0.839. The molecule has 1 amide bonds. The fourth-order valence-corrected chi connectivity index (χ4v) is 2.18. The molecule has 0 aliphatic carbocycles. The molecule has 2 atom stereocenters. The first-order valence-corrected chi connectivity index (χ1v) is 6.61. The van der Waals surface area contributed by atoms with Crippen LogP contribution in [0, 0.1) is 11.8 Å². The Hall–Kier alpha value is -1.26. The second kappa shape index (κ2) is 6.61. The van der Waals surface area contributed by atoms with Gasteiger partial charge in [0, 0.05) is 6.54 Å². The van der Waals surface area contributed by atoms with E-state index in [2.05, 4.69) is 6.92 Å². The third-order valence-corrected chi connectivity index (χ3v) is 3.35. The van der Waals surface area contributed by atoms with Crippen molar-refractivity contribution in [2.75, 3.05) is 13.2 Å². The first-order valence-electron chi connectivity index (χ1n) is 6.61. The van der Waals surface area contributed by atoms with Gasteiger partial charge in [-0.1, -0.05) is 27.2 Å². The van der Waals surface area contributed by atoms with E-state index in [0.29, 0.717) is 25.5 Å². The average molecular weight is 257 g/mol. The van der Waals surface area contributed by atoms with Crippen molar-refractivity contribution < 1.29 is 19.4 Å². The Balaban J connectivity index is 2.62. The molecule has 0 aromatic heterocycles. The minimum atomic E-state index is -0.936. The summed E-state index contributed by atoms with van der Waals surface area (Å²) in [4.78, 5) is 24.4. The molecule has 0 bridgehead atoms. The Labute approximate surface area is 108 Å². The molecule has 0 spiro atoms. The number of carboxylic acid groups (broad SMARTS) is 1. The summed E-state index contributed by atoms with van der Waals surface area (Å²) in [6.45, 7) is 6.76. The lowest BCUT2D eigenvalue weighted by molar-refractivity contribution is -0.144. The van der Waals surface area contributed by atoms with Crippen LogP contribution in [0.25, 0.3) is 0 Å². The molecule has 18 heavy (non-hydrogen) atoms. The maximum absolute atomic E-state index is 11.9. The van der Waals surface area contributed by atoms with Crippen LogP contribution in [0.3, 0.4) is 0 Å². The van der Waals surface area contributed by atoms with Crippen molar-refractivity contribution in [1.29, 1.82) is 0 Å². The molecule has 1 N–H and O–H groups in total. The van der Waals surface area contributed by atoms with Crippen molar-refractivity contribution >= 4 is 12.1 Å². The number of nitrogens with zero attached hydrogens (tertiary/aromatic N) is 1. The predicted octanol–water partition coefficient (Wildman–Crippen LogP) is 2.35. The van der Waals surface area contributed by atoms with E-state index in [9.17, 15) is 14.7 Å². The van der Waals surface area contributed by atoms with Crippen molar-refractivity contribution in [2.45, 2.75) is 46.1 Å². The molecule has 2 unspecified atom stereocenters. The molecule has 1 heterocycles. The fraction of sp³-hybridized carbons (Fsp3) is 0.846. The van der Waals surface area contributed by atoms with E-state index in [1.54, 1.807) is 0 Å². The Morgan fingerprint density at radius 1 is 1.44 bits per heavy atom. The number of rotatable bonds is 4. The van der Waals surface area contributed by atoms with E-state index in [0.717, 1.165) is 12.8 Å². The summed E-state index contributed by atoms with van der Waals surface area (Å²) in [6, 6.07) is -0.733. The Morgan fingerprint density at radius 2 is 2.11 bits per heavy atom. The molecule has 0 radical (unpaired) electrons. The molecule has 104 valence electrons. The molecule has 5 nitrogen and oxygen atoms in total. The number of piperidine rings is 1. The highest BCUT2D eigenvalue weighted by atomic mass is 16.6. The normalized spacial score (nSPS) is 24.1. The zero-order valence-corrected chi connectivity index (χ0v) is 11.4. The highest BCUT2D eigenvalue weighted by Crippen LogP contribution is 2.26. The molecule has 5 heteroatoms. The Morgan fingerprint density at radius 3 is 2.61 bits per heavy atom. The van der Waals surface area contributed by atoms with E-state index in [1.165, 1.54) is 4.90 Å². The van der Waals surface area contributed by atoms with Gasteiger partial charge in [0.05, 0.1) is 6.61 Å². The highest BCUT2D eigenvalue weighted by Gasteiger charge is 2.36. The molecular formula is C13H23NO4. The molecule has 1 rings (SSSR count). The summed E-state index contributed by atoms with van der Waals surface area (Å²) >= 11 is 0. The second-order valence-corrected chi connectivity index (χ2v) is 5.32. The summed E-state index contributed by atoms with van der Waals surface area (Å²) in [5.41, 5.74) is 0. The van der Waals surface area contributed by atoms with Crippen molar-refractivity contribution in [3.8, 4) is 0 Å². The van der Waals surface area contributed by atoms with E-state index < -0.39 is 18.1 Å². The maximum Gasteiger partial charge on any atom is 0.410 e. The summed E-state index contributed by atoms with van der Waals surface area (Å²) in [7, 11) is 0. The van der Waals surface area contributed by atoms with Gasteiger partial charge in [0.15, 0.2) is 0 Å². The molecule has 1 saturated heterocycles. The Kier molecular flexibility index (Phi) is 5.44. The van der Waals surface area contributed by atoms with Gasteiger partial charge < -0.3 is 9.84 Å². The van der Waals surface area contributed by atoms with Gasteiger partial charge >= 0.3 is 12.1 Å². The largest absolute Gasteiger partial charge is 0.480 e. The van der Waals surface area contributed by atoms with Gasteiger partial charge in [-0.2, -0.15) is 0 Å². The molecule has 1 aliphatic rings. The van der Waals surface area contributed by atoms with Gasteiger partial charge in [-0.15, -0.1) is 0 Å². The summed E-state index contributed by atoms with van der Waals surface area (Å²) in [6.07, 6.45) is 1.85. The molecule has 0 saturated carbocycles. The molecule has 1 aliphatic heterocycles. The number of ether oxygens (including phenoxy) is 1. The van der Waals surface area contributed by atoms with Crippen LogP contribution >= 0.6 is 0 Å². The minimum Gasteiger partial charge on any atom is -0.480 e. The first-order chi connectivity index (χ1) is 8.45. The third kappa shape index (κ3) is 3.89. The van der Waals surface area contributed by atoms with Crippen molar-refractivity contribution in [1.82, 2.24) is 4.90 Å². The van der Waals surface area contributed by atoms with E-state index in [4.69, 9.17) is 4.74 Å². The van der Waals surface area contributed by atoms with Gasteiger partial charge in [-0.25, -0.2) is 9.59 Å². The molecule has 0 aromatic rings. The summed E-state index contributed by atoms with van der Waals surface area (Å²) in [5, 5.41) is 9.20. The number of carboxylic acids is 1. The van der Waals surface area contributed by atoms with Crippen LogP contribution in [-0.2, 0) is 9.53 Å². The van der Waals surface area contributed by atoms with E-state index >= 15 is 0 Å². The zero-order chi connectivity index (χ0) is 13.7. The van der Waals surface area contributed by atoms with Gasteiger partial charge in [0.2, 0.25) is 0 Å². The van der Waals surface area contributed by atoms with Gasteiger partial charge in [0.25, 0.3) is 0 Å². The van der Waals surface area contributed by atoms with Gasteiger partial charge in [-0.3, -0.25) is 4.90 Å². The number of hydrogen-bond acceptors (Lipinski definition) is 3. The van der Waals surface area contributed by atoms with Crippen LogP contribution in [0.1, 0.15) is 40.0 Å². The first kappa shape index (κ1) is 14.8. The maximum atomic E-state index is 11.9.